The molecule has 3 aromatic rings. The topological polar surface area (TPSA) is 74.9 Å². The molecule has 0 radical (unpaired) electrons. The fraction of sp³-hybridized carbons (Fsp3) is 0.250. The summed E-state index contributed by atoms with van der Waals surface area (Å²) in [5.74, 6) is -0.507. The molecule has 1 N–H and O–H groups in total. The average Bonchev–Trinajstić information content (AvgIpc) is 3.01. The van der Waals surface area contributed by atoms with Crippen LogP contribution >= 0.6 is 22.9 Å². The lowest BCUT2D eigenvalue weighted by Crippen LogP contribution is -2.23. The number of amides is 1. The molecule has 1 amide bonds. The van der Waals surface area contributed by atoms with Crippen molar-refractivity contribution in [2.24, 2.45) is 7.05 Å². The molecule has 0 saturated heterocycles. The molecule has 27 heavy (non-hydrogen) atoms. The lowest BCUT2D eigenvalue weighted by molar-refractivity contribution is 0.102. The molecule has 136 valence electrons. The van der Waals surface area contributed by atoms with Crippen molar-refractivity contribution in [3.05, 3.63) is 61.2 Å². The number of para-hydroxylation sites is 1. The molecule has 0 aliphatic heterocycles. The average molecular weight is 398 g/mol. The highest BCUT2D eigenvalue weighted by atomic mass is 35.5. The summed E-state index contributed by atoms with van der Waals surface area (Å²) in [4.78, 5) is 26.8. The van der Waals surface area contributed by atoms with Crippen molar-refractivity contribution in [2.75, 3.05) is 5.32 Å². The molecule has 7 heteroatoms. The first-order valence-electron chi connectivity index (χ1n) is 8.65. The van der Waals surface area contributed by atoms with E-state index in [4.69, 9.17) is 11.6 Å². The Labute approximate surface area is 164 Å². The van der Waals surface area contributed by atoms with Crippen LogP contribution in [0.15, 0.2) is 29.2 Å². The number of hydrogen-bond acceptors (Lipinski definition) is 4. The van der Waals surface area contributed by atoms with E-state index in [-0.39, 0.29) is 11.0 Å². The third-order valence-corrected chi connectivity index (χ3v) is 6.42. The molecular weight excluding hydrogens is 382 g/mol. The zero-order valence-electron chi connectivity index (χ0n) is 14.6. The van der Waals surface area contributed by atoms with Crippen molar-refractivity contribution in [3.8, 4) is 6.07 Å². The van der Waals surface area contributed by atoms with Gasteiger partial charge in [0.15, 0.2) is 0 Å². The van der Waals surface area contributed by atoms with Crippen molar-refractivity contribution >= 4 is 44.7 Å². The summed E-state index contributed by atoms with van der Waals surface area (Å²) >= 11 is 7.64. The van der Waals surface area contributed by atoms with Crippen LogP contribution in [0, 0.1) is 11.3 Å². The monoisotopic (exact) mass is 397 g/mol. The SMILES string of the molecule is Cn1cc(C(=O)Nc2sc3c(c2C#N)CCCC3)c(=O)c2cccc(Cl)c21. The van der Waals surface area contributed by atoms with Gasteiger partial charge in [0.2, 0.25) is 5.43 Å². The third kappa shape index (κ3) is 2.93. The van der Waals surface area contributed by atoms with Gasteiger partial charge in [-0.15, -0.1) is 11.3 Å². The van der Waals surface area contributed by atoms with E-state index < -0.39 is 5.91 Å². The van der Waals surface area contributed by atoms with Crippen LogP contribution in [0.5, 0.6) is 0 Å². The zero-order chi connectivity index (χ0) is 19.1. The molecule has 0 fully saturated rings. The van der Waals surface area contributed by atoms with Crippen LogP contribution < -0.4 is 10.7 Å². The van der Waals surface area contributed by atoms with Crippen molar-refractivity contribution in [2.45, 2.75) is 25.7 Å². The molecule has 1 aliphatic carbocycles. The number of carbonyl (C=O) groups excluding carboxylic acids is 1. The lowest BCUT2D eigenvalue weighted by atomic mass is 9.96. The van der Waals surface area contributed by atoms with Crippen LogP contribution in [0.3, 0.4) is 0 Å². The van der Waals surface area contributed by atoms with Gasteiger partial charge >= 0.3 is 0 Å². The first-order valence-corrected chi connectivity index (χ1v) is 9.84. The van der Waals surface area contributed by atoms with Crippen LogP contribution in [0.1, 0.15) is 39.2 Å². The van der Waals surface area contributed by atoms with Gasteiger partial charge in [-0.2, -0.15) is 5.26 Å². The first-order chi connectivity index (χ1) is 13.0. The maximum absolute atomic E-state index is 12.8. The molecule has 0 atom stereocenters. The summed E-state index contributed by atoms with van der Waals surface area (Å²) < 4.78 is 1.68. The Bertz CT molecular complexity index is 1190. The second-order valence-corrected chi connectivity index (χ2v) is 8.11. The number of aryl methyl sites for hydroxylation is 2. The standard InChI is InChI=1S/C20H16ClN3O2S/c1-24-10-14(18(25)12-6-4-7-15(21)17(12)24)19(26)23-20-13(9-22)11-5-2-3-8-16(11)27-20/h4,6-7,10H,2-3,5,8H2,1H3,(H,23,26). The lowest BCUT2D eigenvalue weighted by Gasteiger charge is -2.10. The van der Waals surface area contributed by atoms with Crippen LogP contribution in [0.4, 0.5) is 5.00 Å². The first kappa shape index (κ1) is 17.8. The fourth-order valence-electron chi connectivity index (χ4n) is 3.62. The van der Waals surface area contributed by atoms with E-state index in [9.17, 15) is 14.9 Å². The number of hydrogen-bond donors (Lipinski definition) is 1. The van der Waals surface area contributed by atoms with Gasteiger partial charge in [0, 0.05) is 23.5 Å². The predicted molar refractivity (Wildman–Crippen MR) is 108 cm³/mol. The van der Waals surface area contributed by atoms with Gasteiger partial charge in [-0.05, 0) is 43.4 Å². The zero-order valence-corrected chi connectivity index (χ0v) is 16.2. The Morgan fingerprint density at radius 2 is 2.11 bits per heavy atom. The second kappa shape index (κ2) is 6.84. The number of nitrogens with zero attached hydrogens (tertiary/aromatic N) is 2. The summed E-state index contributed by atoms with van der Waals surface area (Å²) in [6.07, 6.45) is 5.43. The second-order valence-electron chi connectivity index (χ2n) is 6.60. The largest absolute Gasteiger partial charge is 0.348 e. The Kier molecular flexibility index (Phi) is 4.50. The highest BCUT2D eigenvalue weighted by Crippen LogP contribution is 2.37. The molecule has 5 nitrogen and oxygen atoms in total. The third-order valence-electron chi connectivity index (χ3n) is 4.91. The summed E-state index contributed by atoms with van der Waals surface area (Å²) in [6.45, 7) is 0. The molecule has 2 heterocycles. The number of nitriles is 1. The van der Waals surface area contributed by atoms with E-state index >= 15 is 0 Å². The van der Waals surface area contributed by atoms with E-state index in [1.165, 1.54) is 17.5 Å². The van der Waals surface area contributed by atoms with E-state index in [1.54, 1.807) is 29.8 Å². The van der Waals surface area contributed by atoms with E-state index in [0.717, 1.165) is 36.1 Å². The molecule has 2 aromatic heterocycles. The summed E-state index contributed by atoms with van der Waals surface area (Å²) in [5, 5.41) is 13.7. The van der Waals surface area contributed by atoms with Crippen LogP contribution in [-0.4, -0.2) is 10.5 Å². The minimum Gasteiger partial charge on any atom is -0.348 e. The highest BCUT2D eigenvalue weighted by Gasteiger charge is 2.23. The van der Waals surface area contributed by atoms with Gasteiger partial charge in [0.1, 0.15) is 16.6 Å². The van der Waals surface area contributed by atoms with Crippen molar-refractivity contribution in [1.82, 2.24) is 4.57 Å². The van der Waals surface area contributed by atoms with Crippen molar-refractivity contribution in [1.29, 1.82) is 5.26 Å². The Morgan fingerprint density at radius 1 is 1.33 bits per heavy atom. The van der Waals surface area contributed by atoms with E-state index in [1.807, 2.05) is 0 Å². The number of nitrogens with one attached hydrogen (secondary N) is 1. The van der Waals surface area contributed by atoms with Crippen molar-refractivity contribution in [3.63, 3.8) is 0 Å². The number of halogens is 1. The number of fused-ring (bicyclic) bond motifs is 2. The smallest absolute Gasteiger partial charge is 0.261 e. The van der Waals surface area contributed by atoms with Gasteiger partial charge in [0.05, 0.1) is 16.1 Å². The minimum atomic E-state index is -0.507. The van der Waals surface area contributed by atoms with Gasteiger partial charge in [-0.25, -0.2) is 0 Å². The number of benzene rings is 1. The molecular formula is C20H16ClN3O2S. The number of thiophene rings is 1. The molecule has 4 rings (SSSR count). The van der Waals surface area contributed by atoms with Gasteiger partial charge in [0.25, 0.3) is 5.91 Å². The number of carbonyl (C=O) groups is 1. The van der Waals surface area contributed by atoms with E-state index in [0.29, 0.717) is 26.5 Å². The molecule has 0 bridgehead atoms. The van der Waals surface area contributed by atoms with Crippen LogP contribution in [-0.2, 0) is 19.9 Å². The Hall–Kier alpha value is -2.62. The van der Waals surface area contributed by atoms with Crippen LogP contribution in [0.2, 0.25) is 5.02 Å². The number of rotatable bonds is 2. The maximum atomic E-state index is 12.8. The van der Waals surface area contributed by atoms with Crippen molar-refractivity contribution < 1.29 is 4.79 Å². The van der Waals surface area contributed by atoms with E-state index in [2.05, 4.69) is 11.4 Å². The summed E-state index contributed by atoms with van der Waals surface area (Å²) in [6, 6.07) is 7.27. The normalized spacial score (nSPS) is 13.2. The fourth-order valence-corrected chi connectivity index (χ4v) is 5.17. The quantitative estimate of drug-likeness (QED) is 0.702. The van der Waals surface area contributed by atoms with Gasteiger partial charge in [-0.1, -0.05) is 17.7 Å². The van der Waals surface area contributed by atoms with Gasteiger partial charge < -0.3 is 9.88 Å². The molecule has 1 aliphatic rings. The summed E-state index contributed by atoms with van der Waals surface area (Å²) in [5.41, 5.74) is 1.82. The number of anilines is 1. The minimum absolute atomic E-state index is 0.0301. The number of aromatic nitrogens is 1. The van der Waals surface area contributed by atoms with Gasteiger partial charge in [-0.3, -0.25) is 9.59 Å². The molecule has 0 saturated carbocycles. The number of pyridine rings is 1. The Balaban J connectivity index is 1.77. The predicted octanol–water partition coefficient (Wildman–Crippen LogP) is 4.26. The Morgan fingerprint density at radius 3 is 2.89 bits per heavy atom. The maximum Gasteiger partial charge on any atom is 0.261 e. The summed E-state index contributed by atoms with van der Waals surface area (Å²) in [7, 11) is 1.75. The molecule has 0 unspecified atom stereocenters. The molecule has 1 aromatic carbocycles. The highest BCUT2D eigenvalue weighted by molar-refractivity contribution is 7.16. The van der Waals surface area contributed by atoms with Crippen LogP contribution in [0.25, 0.3) is 10.9 Å². The molecule has 0 spiro atoms.